The molecule has 1 heterocycles. The van der Waals surface area contributed by atoms with Gasteiger partial charge in [0.25, 0.3) is 0 Å². The predicted molar refractivity (Wildman–Crippen MR) is 61.1 cm³/mol. The molecule has 0 aliphatic carbocycles. The van der Waals surface area contributed by atoms with E-state index in [1.807, 2.05) is 25.1 Å². The molecular formula is C12H14N2O2. The highest BCUT2D eigenvalue weighted by Crippen LogP contribution is 2.07. The molecule has 0 aliphatic heterocycles. The molecular weight excluding hydrogens is 204 g/mol. The van der Waals surface area contributed by atoms with Crippen molar-refractivity contribution < 1.29 is 9.53 Å². The first-order chi connectivity index (χ1) is 7.75. The van der Waals surface area contributed by atoms with Crippen LogP contribution >= 0.6 is 0 Å². The Morgan fingerprint density at radius 1 is 1.38 bits per heavy atom. The number of methoxy groups -OCH3 is 1. The fourth-order valence-electron chi connectivity index (χ4n) is 1.13. The zero-order valence-electron chi connectivity index (χ0n) is 9.31. The zero-order chi connectivity index (χ0) is 11.8. The Balaban J connectivity index is 0.000000212. The Kier molecular flexibility index (Phi) is 4.79. The Labute approximate surface area is 94.3 Å². The molecule has 16 heavy (non-hydrogen) atoms. The maximum absolute atomic E-state index is 11.0. The summed E-state index contributed by atoms with van der Waals surface area (Å²) < 4.78 is 4.58. The van der Waals surface area contributed by atoms with Gasteiger partial charge in [-0.05, 0) is 18.6 Å². The number of imidazole rings is 1. The number of benzene rings is 1. The van der Waals surface area contributed by atoms with E-state index in [1.54, 1.807) is 24.8 Å². The highest BCUT2D eigenvalue weighted by atomic mass is 16.5. The molecule has 0 amide bonds. The summed E-state index contributed by atoms with van der Waals surface area (Å²) in [7, 11) is 1.38. The number of aryl methyl sites for hydroxylation is 1. The van der Waals surface area contributed by atoms with Gasteiger partial charge in [0.05, 0.1) is 19.0 Å². The van der Waals surface area contributed by atoms with E-state index in [4.69, 9.17) is 0 Å². The van der Waals surface area contributed by atoms with Gasteiger partial charge in [0.15, 0.2) is 0 Å². The molecule has 0 fully saturated rings. The summed E-state index contributed by atoms with van der Waals surface area (Å²) >= 11 is 0. The number of hydrogen-bond donors (Lipinski definition) is 1. The number of hydrogen-bond acceptors (Lipinski definition) is 3. The maximum Gasteiger partial charge on any atom is 0.338 e. The van der Waals surface area contributed by atoms with Crippen LogP contribution in [0.15, 0.2) is 43.0 Å². The van der Waals surface area contributed by atoms with E-state index in [9.17, 15) is 4.79 Å². The number of nitrogens with zero attached hydrogens (tertiary/aromatic N) is 1. The molecule has 0 saturated heterocycles. The summed E-state index contributed by atoms with van der Waals surface area (Å²) in [6.45, 7) is 1.88. The molecule has 2 rings (SSSR count). The fraction of sp³-hybridized carbons (Fsp3) is 0.167. The third kappa shape index (κ3) is 3.57. The summed E-state index contributed by atoms with van der Waals surface area (Å²) in [5.74, 6) is -0.275. The molecule has 0 radical (unpaired) electrons. The molecule has 0 unspecified atom stereocenters. The zero-order valence-corrected chi connectivity index (χ0v) is 9.31. The normalized spacial score (nSPS) is 8.88. The van der Waals surface area contributed by atoms with Gasteiger partial charge in [0, 0.05) is 12.4 Å². The number of esters is 1. The smallest absolute Gasteiger partial charge is 0.338 e. The second kappa shape index (κ2) is 6.40. The van der Waals surface area contributed by atoms with Crippen LogP contribution in [0.1, 0.15) is 15.9 Å². The minimum atomic E-state index is -0.275. The van der Waals surface area contributed by atoms with Gasteiger partial charge in [-0.2, -0.15) is 0 Å². The third-order valence-corrected chi connectivity index (χ3v) is 1.96. The SMILES string of the molecule is COC(=O)c1ccccc1C.c1c[nH]cn1. The second-order valence-corrected chi connectivity index (χ2v) is 3.07. The minimum absolute atomic E-state index is 0.275. The van der Waals surface area contributed by atoms with Crippen molar-refractivity contribution in [3.8, 4) is 0 Å². The number of aromatic nitrogens is 2. The molecule has 0 saturated carbocycles. The van der Waals surface area contributed by atoms with E-state index >= 15 is 0 Å². The molecule has 1 aromatic heterocycles. The number of nitrogens with one attached hydrogen (secondary N) is 1. The number of carbonyl (C=O) groups excluding carboxylic acids is 1. The van der Waals surface area contributed by atoms with Crippen molar-refractivity contribution in [1.29, 1.82) is 0 Å². The molecule has 0 spiro atoms. The Hall–Kier alpha value is -2.10. The fourth-order valence-corrected chi connectivity index (χ4v) is 1.13. The van der Waals surface area contributed by atoms with Gasteiger partial charge < -0.3 is 9.72 Å². The summed E-state index contributed by atoms with van der Waals surface area (Å²) in [4.78, 5) is 17.4. The van der Waals surface area contributed by atoms with Crippen molar-refractivity contribution in [1.82, 2.24) is 9.97 Å². The molecule has 1 N–H and O–H groups in total. The van der Waals surface area contributed by atoms with Crippen LogP contribution in [0.3, 0.4) is 0 Å². The van der Waals surface area contributed by atoms with Crippen LogP contribution in [0.25, 0.3) is 0 Å². The quantitative estimate of drug-likeness (QED) is 0.746. The number of H-pyrrole nitrogens is 1. The average Bonchev–Trinajstić information content (AvgIpc) is 2.87. The standard InChI is InChI=1S/C9H10O2.C3H4N2/c1-7-5-3-4-6-8(7)9(10)11-2;1-2-5-3-4-1/h3-6H,1-2H3;1-3H,(H,4,5). The van der Waals surface area contributed by atoms with Gasteiger partial charge in [-0.1, -0.05) is 18.2 Å². The van der Waals surface area contributed by atoms with Crippen LogP contribution in [0.5, 0.6) is 0 Å². The largest absolute Gasteiger partial charge is 0.465 e. The van der Waals surface area contributed by atoms with E-state index in [2.05, 4.69) is 14.7 Å². The van der Waals surface area contributed by atoms with Crippen molar-refractivity contribution in [2.75, 3.05) is 7.11 Å². The molecule has 0 aliphatic rings. The molecule has 84 valence electrons. The summed E-state index contributed by atoms with van der Waals surface area (Å²) in [6.07, 6.45) is 5.08. The van der Waals surface area contributed by atoms with Gasteiger partial charge in [-0.15, -0.1) is 0 Å². The lowest BCUT2D eigenvalue weighted by Gasteiger charge is -2.00. The first kappa shape index (κ1) is 12.0. The van der Waals surface area contributed by atoms with Crippen LogP contribution in [0, 0.1) is 6.92 Å². The van der Waals surface area contributed by atoms with Gasteiger partial charge in [0.2, 0.25) is 0 Å². The van der Waals surface area contributed by atoms with Crippen LogP contribution in [0.2, 0.25) is 0 Å². The summed E-state index contributed by atoms with van der Waals surface area (Å²) in [5, 5.41) is 0. The van der Waals surface area contributed by atoms with Crippen molar-refractivity contribution in [2.24, 2.45) is 0 Å². The summed E-state index contributed by atoms with van der Waals surface area (Å²) in [6, 6.07) is 7.34. The van der Waals surface area contributed by atoms with Crippen LogP contribution in [-0.2, 0) is 4.74 Å². The maximum atomic E-state index is 11.0. The molecule has 4 heteroatoms. The highest BCUT2D eigenvalue weighted by Gasteiger charge is 2.05. The summed E-state index contributed by atoms with van der Waals surface area (Å²) in [5.41, 5.74) is 1.58. The van der Waals surface area contributed by atoms with Gasteiger partial charge in [0.1, 0.15) is 0 Å². The van der Waals surface area contributed by atoms with Crippen molar-refractivity contribution in [3.63, 3.8) is 0 Å². The minimum Gasteiger partial charge on any atom is -0.465 e. The van der Waals surface area contributed by atoms with Crippen LogP contribution in [0.4, 0.5) is 0 Å². The Morgan fingerprint density at radius 3 is 2.56 bits per heavy atom. The van der Waals surface area contributed by atoms with Crippen molar-refractivity contribution >= 4 is 5.97 Å². The Morgan fingerprint density at radius 2 is 2.12 bits per heavy atom. The van der Waals surface area contributed by atoms with E-state index in [-0.39, 0.29) is 5.97 Å². The van der Waals surface area contributed by atoms with E-state index in [1.165, 1.54) is 7.11 Å². The molecule has 1 aromatic carbocycles. The topological polar surface area (TPSA) is 55.0 Å². The lowest BCUT2D eigenvalue weighted by Crippen LogP contribution is -2.02. The average molecular weight is 218 g/mol. The Bertz CT molecular complexity index is 407. The van der Waals surface area contributed by atoms with Crippen molar-refractivity contribution in [3.05, 3.63) is 54.1 Å². The first-order valence-corrected chi connectivity index (χ1v) is 4.82. The first-order valence-electron chi connectivity index (χ1n) is 4.82. The molecule has 4 nitrogen and oxygen atoms in total. The monoisotopic (exact) mass is 218 g/mol. The number of rotatable bonds is 1. The highest BCUT2D eigenvalue weighted by molar-refractivity contribution is 5.90. The predicted octanol–water partition coefficient (Wildman–Crippen LogP) is 2.19. The van der Waals surface area contributed by atoms with Crippen LogP contribution < -0.4 is 0 Å². The van der Waals surface area contributed by atoms with Gasteiger partial charge >= 0.3 is 5.97 Å². The number of ether oxygens (including phenoxy) is 1. The third-order valence-electron chi connectivity index (χ3n) is 1.96. The van der Waals surface area contributed by atoms with Gasteiger partial charge in [-0.25, -0.2) is 9.78 Å². The van der Waals surface area contributed by atoms with Crippen molar-refractivity contribution in [2.45, 2.75) is 6.92 Å². The lowest BCUT2D eigenvalue weighted by atomic mass is 10.1. The molecule has 0 atom stereocenters. The van der Waals surface area contributed by atoms with E-state index in [0.29, 0.717) is 5.56 Å². The molecule has 0 bridgehead atoms. The van der Waals surface area contributed by atoms with E-state index in [0.717, 1.165) is 5.56 Å². The number of aromatic amines is 1. The second-order valence-electron chi connectivity index (χ2n) is 3.07. The van der Waals surface area contributed by atoms with E-state index < -0.39 is 0 Å². The lowest BCUT2D eigenvalue weighted by molar-refractivity contribution is 0.0600. The van der Waals surface area contributed by atoms with Crippen LogP contribution in [-0.4, -0.2) is 23.0 Å². The molecule has 2 aromatic rings. The van der Waals surface area contributed by atoms with Gasteiger partial charge in [-0.3, -0.25) is 0 Å². The number of carbonyl (C=O) groups is 1.